The number of aromatic carboxylic acids is 1. The average Bonchev–Trinajstić information content (AvgIpc) is 2.92. The van der Waals surface area contributed by atoms with Gasteiger partial charge in [0.25, 0.3) is 0 Å². The summed E-state index contributed by atoms with van der Waals surface area (Å²) in [6.45, 7) is 9.53. The van der Waals surface area contributed by atoms with E-state index in [1.165, 1.54) is 5.56 Å². The fourth-order valence-corrected chi connectivity index (χ4v) is 3.01. The molecule has 0 aliphatic carbocycles. The summed E-state index contributed by atoms with van der Waals surface area (Å²) >= 11 is 0. The first-order chi connectivity index (χ1) is 12.4. The Hall–Kier alpha value is -2.82. The third-order valence-electron chi connectivity index (χ3n) is 4.53. The van der Waals surface area contributed by atoms with Gasteiger partial charge in [-0.1, -0.05) is 26.0 Å². The maximum absolute atomic E-state index is 11.2. The molecule has 136 valence electrons. The number of carbonyl (C=O) groups is 1. The van der Waals surface area contributed by atoms with Crippen LogP contribution >= 0.6 is 0 Å². The Kier molecular flexibility index (Phi) is 4.98. The smallest absolute Gasteiger partial charge is 0.335 e. The van der Waals surface area contributed by atoms with Gasteiger partial charge in [-0.2, -0.15) is 0 Å². The summed E-state index contributed by atoms with van der Waals surface area (Å²) in [6.07, 6.45) is 0. The second kappa shape index (κ2) is 7.20. The lowest BCUT2D eigenvalue weighted by atomic mass is 10.1. The SMILES string of the molecule is Cc1cccc(OCc2nc3cc(C(=O)O)ccc3n2CC(C)C)c1C. The lowest BCUT2D eigenvalue weighted by Crippen LogP contribution is -2.11. The summed E-state index contributed by atoms with van der Waals surface area (Å²) in [5.41, 5.74) is 4.17. The lowest BCUT2D eigenvalue weighted by Gasteiger charge is -2.14. The fraction of sp³-hybridized carbons (Fsp3) is 0.333. The highest BCUT2D eigenvalue weighted by Gasteiger charge is 2.15. The number of aromatic nitrogens is 2. The Bertz CT molecular complexity index is 957. The topological polar surface area (TPSA) is 64.3 Å². The molecule has 0 fully saturated rings. The number of aryl methyl sites for hydroxylation is 1. The largest absolute Gasteiger partial charge is 0.485 e. The maximum atomic E-state index is 11.2. The van der Waals surface area contributed by atoms with E-state index in [4.69, 9.17) is 4.74 Å². The van der Waals surface area contributed by atoms with Crippen molar-refractivity contribution >= 4 is 17.0 Å². The van der Waals surface area contributed by atoms with Crippen LogP contribution in [0.4, 0.5) is 0 Å². The molecule has 3 rings (SSSR count). The summed E-state index contributed by atoms with van der Waals surface area (Å²) in [6, 6.07) is 11.1. The average molecular weight is 352 g/mol. The fourth-order valence-electron chi connectivity index (χ4n) is 3.01. The van der Waals surface area contributed by atoms with Crippen molar-refractivity contribution in [1.82, 2.24) is 9.55 Å². The van der Waals surface area contributed by atoms with E-state index >= 15 is 0 Å². The molecule has 0 atom stereocenters. The molecule has 0 aliphatic rings. The van der Waals surface area contributed by atoms with E-state index in [2.05, 4.69) is 36.4 Å². The first-order valence-electron chi connectivity index (χ1n) is 8.78. The second-order valence-corrected chi connectivity index (χ2v) is 7.03. The van der Waals surface area contributed by atoms with E-state index in [0.717, 1.165) is 29.2 Å². The summed E-state index contributed by atoms with van der Waals surface area (Å²) in [7, 11) is 0. The van der Waals surface area contributed by atoms with E-state index in [-0.39, 0.29) is 5.56 Å². The molecule has 0 radical (unpaired) electrons. The van der Waals surface area contributed by atoms with Gasteiger partial charge < -0.3 is 14.4 Å². The Labute approximate surface area is 153 Å². The van der Waals surface area contributed by atoms with Crippen molar-refractivity contribution in [2.45, 2.75) is 40.8 Å². The minimum Gasteiger partial charge on any atom is -0.485 e. The highest BCUT2D eigenvalue weighted by atomic mass is 16.5. The van der Waals surface area contributed by atoms with Crippen LogP contribution < -0.4 is 4.74 Å². The van der Waals surface area contributed by atoms with Crippen LogP contribution in [-0.4, -0.2) is 20.6 Å². The molecule has 0 aliphatic heterocycles. The van der Waals surface area contributed by atoms with E-state index in [9.17, 15) is 9.90 Å². The summed E-state index contributed by atoms with van der Waals surface area (Å²) in [4.78, 5) is 15.9. The third kappa shape index (κ3) is 3.57. The minimum absolute atomic E-state index is 0.244. The van der Waals surface area contributed by atoms with Crippen LogP contribution in [0.1, 0.15) is 41.2 Å². The van der Waals surface area contributed by atoms with Crippen LogP contribution in [0.2, 0.25) is 0 Å². The molecular weight excluding hydrogens is 328 g/mol. The van der Waals surface area contributed by atoms with E-state index < -0.39 is 5.97 Å². The van der Waals surface area contributed by atoms with Gasteiger partial charge in [-0.25, -0.2) is 9.78 Å². The highest BCUT2D eigenvalue weighted by molar-refractivity contribution is 5.92. The molecule has 5 nitrogen and oxygen atoms in total. The van der Waals surface area contributed by atoms with E-state index in [1.807, 2.05) is 25.1 Å². The molecule has 26 heavy (non-hydrogen) atoms. The molecular formula is C21H24N2O3. The van der Waals surface area contributed by atoms with Gasteiger partial charge in [-0.3, -0.25) is 0 Å². The molecule has 2 aromatic carbocycles. The summed E-state index contributed by atoms with van der Waals surface area (Å²) in [5.74, 6) is 1.14. The molecule has 0 saturated carbocycles. The predicted octanol–water partition coefficient (Wildman–Crippen LogP) is 4.59. The Morgan fingerprint density at radius 1 is 1.23 bits per heavy atom. The monoisotopic (exact) mass is 352 g/mol. The number of hydrogen-bond donors (Lipinski definition) is 1. The van der Waals surface area contributed by atoms with Crippen LogP contribution in [0, 0.1) is 19.8 Å². The number of carboxylic acid groups (broad SMARTS) is 1. The van der Waals surface area contributed by atoms with E-state index in [1.54, 1.807) is 12.1 Å². The number of hydrogen-bond acceptors (Lipinski definition) is 3. The molecule has 5 heteroatoms. The Balaban J connectivity index is 1.97. The van der Waals surface area contributed by atoms with Gasteiger partial charge in [0.15, 0.2) is 0 Å². The zero-order chi connectivity index (χ0) is 18.8. The van der Waals surface area contributed by atoms with Crippen LogP contribution in [0.3, 0.4) is 0 Å². The number of fused-ring (bicyclic) bond motifs is 1. The summed E-state index contributed by atoms with van der Waals surface area (Å²) < 4.78 is 8.16. The van der Waals surface area contributed by atoms with Gasteiger partial charge in [-0.15, -0.1) is 0 Å². The molecule has 0 bridgehead atoms. The van der Waals surface area contributed by atoms with Gasteiger partial charge in [0.05, 0.1) is 16.6 Å². The molecule has 3 aromatic rings. The summed E-state index contributed by atoms with van der Waals surface area (Å²) in [5, 5.41) is 9.22. The molecule has 1 aromatic heterocycles. The Morgan fingerprint density at radius 2 is 2.00 bits per heavy atom. The van der Waals surface area contributed by atoms with Crippen molar-refractivity contribution < 1.29 is 14.6 Å². The molecule has 0 amide bonds. The minimum atomic E-state index is -0.946. The standard InChI is InChI=1S/C21H24N2O3/c1-13(2)11-23-18-9-8-16(21(24)25)10-17(18)22-20(23)12-26-19-7-5-6-14(3)15(19)4/h5-10,13H,11-12H2,1-4H3,(H,24,25). The van der Waals surface area contributed by atoms with Crippen LogP contribution in [0.25, 0.3) is 11.0 Å². The van der Waals surface area contributed by atoms with Gasteiger partial charge in [0, 0.05) is 6.54 Å². The Morgan fingerprint density at radius 3 is 2.69 bits per heavy atom. The van der Waals surface area contributed by atoms with Gasteiger partial charge in [0.1, 0.15) is 18.2 Å². The predicted molar refractivity (Wildman–Crippen MR) is 102 cm³/mol. The van der Waals surface area contributed by atoms with Crippen molar-refractivity contribution in [3.05, 3.63) is 58.9 Å². The number of nitrogens with zero attached hydrogens (tertiary/aromatic N) is 2. The number of carboxylic acids is 1. The first-order valence-corrected chi connectivity index (χ1v) is 8.78. The quantitative estimate of drug-likeness (QED) is 0.705. The molecule has 1 heterocycles. The first kappa shape index (κ1) is 18.0. The van der Waals surface area contributed by atoms with Crippen molar-refractivity contribution in [2.75, 3.05) is 0 Å². The zero-order valence-electron chi connectivity index (χ0n) is 15.6. The van der Waals surface area contributed by atoms with E-state index in [0.29, 0.717) is 18.0 Å². The van der Waals surface area contributed by atoms with Gasteiger partial charge >= 0.3 is 5.97 Å². The van der Waals surface area contributed by atoms with Crippen molar-refractivity contribution in [3.8, 4) is 5.75 Å². The molecule has 0 spiro atoms. The van der Waals surface area contributed by atoms with Gasteiger partial charge in [0.2, 0.25) is 0 Å². The number of rotatable bonds is 6. The maximum Gasteiger partial charge on any atom is 0.335 e. The number of imidazole rings is 1. The van der Waals surface area contributed by atoms with Crippen molar-refractivity contribution in [2.24, 2.45) is 5.92 Å². The van der Waals surface area contributed by atoms with Crippen LogP contribution in [0.5, 0.6) is 5.75 Å². The molecule has 0 unspecified atom stereocenters. The van der Waals surface area contributed by atoms with Crippen molar-refractivity contribution in [3.63, 3.8) is 0 Å². The van der Waals surface area contributed by atoms with Crippen LogP contribution in [-0.2, 0) is 13.2 Å². The lowest BCUT2D eigenvalue weighted by molar-refractivity contribution is 0.0697. The molecule has 0 saturated heterocycles. The third-order valence-corrected chi connectivity index (χ3v) is 4.53. The highest BCUT2D eigenvalue weighted by Crippen LogP contribution is 2.24. The molecule has 1 N–H and O–H groups in total. The zero-order valence-corrected chi connectivity index (χ0v) is 15.6. The normalized spacial score (nSPS) is 11.3. The van der Waals surface area contributed by atoms with Gasteiger partial charge in [-0.05, 0) is 55.2 Å². The number of benzene rings is 2. The number of ether oxygens (including phenoxy) is 1. The van der Waals surface area contributed by atoms with Crippen LogP contribution in [0.15, 0.2) is 36.4 Å². The van der Waals surface area contributed by atoms with Crippen molar-refractivity contribution in [1.29, 1.82) is 0 Å². The second-order valence-electron chi connectivity index (χ2n) is 7.03.